The maximum atomic E-state index is 8.66. The SMILES string of the molecule is COc1ccc(CC2(OC(C)CCC#N)C=CC=N2)cc1. The van der Waals surface area contributed by atoms with Gasteiger partial charge in [0.15, 0.2) is 5.72 Å². The molecule has 2 atom stereocenters. The zero-order valence-corrected chi connectivity index (χ0v) is 12.5. The average Bonchev–Trinajstić information content (AvgIpc) is 2.94. The van der Waals surface area contributed by atoms with Gasteiger partial charge in [0.2, 0.25) is 0 Å². The maximum Gasteiger partial charge on any atom is 0.182 e. The predicted molar refractivity (Wildman–Crippen MR) is 82.5 cm³/mol. The molecule has 0 saturated carbocycles. The highest BCUT2D eigenvalue weighted by Gasteiger charge is 2.31. The quantitative estimate of drug-likeness (QED) is 0.772. The number of methoxy groups -OCH3 is 1. The van der Waals surface area contributed by atoms with Crippen LogP contribution < -0.4 is 4.74 Å². The molecular formula is C17H20N2O2. The van der Waals surface area contributed by atoms with Gasteiger partial charge in [-0.3, -0.25) is 4.99 Å². The molecule has 1 heterocycles. The minimum atomic E-state index is -0.649. The van der Waals surface area contributed by atoms with E-state index >= 15 is 0 Å². The Hall–Kier alpha value is -2.12. The van der Waals surface area contributed by atoms with E-state index in [1.807, 2.05) is 43.3 Å². The van der Waals surface area contributed by atoms with Gasteiger partial charge in [0.25, 0.3) is 0 Å². The van der Waals surface area contributed by atoms with Crippen LogP contribution in [0, 0.1) is 11.3 Å². The highest BCUT2D eigenvalue weighted by molar-refractivity contribution is 5.75. The third-order valence-corrected chi connectivity index (χ3v) is 3.42. The molecule has 21 heavy (non-hydrogen) atoms. The molecule has 0 N–H and O–H groups in total. The molecule has 1 aliphatic rings. The fourth-order valence-corrected chi connectivity index (χ4v) is 2.33. The van der Waals surface area contributed by atoms with Crippen molar-refractivity contribution in [1.29, 1.82) is 5.26 Å². The molecule has 0 radical (unpaired) electrons. The second kappa shape index (κ2) is 7.05. The first kappa shape index (κ1) is 15.3. The topological polar surface area (TPSA) is 54.6 Å². The van der Waals surface area contributed by atoms with Crippen LogP contribution >= 0.6 is 0 Å². The van der Waals surface area contributed by atoms with E-state index in [0.29, 0.717) is 19.3 Å². The van der Waals surface area contributed by atoms with E-state index in [-0.39, 0.29) is 6.10 Å². The third-order valence-electron chi connectivity index (χ3n) is 3.42. The number of rotatable bonds is 7. The summed E-state index contributed by atoms with van der Waals surface area (Å²) in [5.74, 6) is 0.835. The molecular weight excluding hydrogens is 264 g/mol. The van der Waals surface area contributed by atoms with E-state index in [0.717, 1.165) is 11.3 Å². The van der Waals surface area contributed by atoms with Gasteiger partial charge in [-0.2, -0.15) is 5.26 Å². The number of hydrogen-bond donors (Lipinski definition) is 0. The van der Waals surface area contributed by atoms with Gasteiger partial charge in [-0.1, -0.05) is 12.1 Å². The molecule has 4 nitrogen and oxygen atoms in total. The molecule has 0 bridgehead atoms. The second-order valence-corrected chi connectivity index (χ2v) is 5.13. The molecule has 0 aromatic heterocycles. The molecule has 0 saturated heterocycles. The molecule has 0 aliphatic carbocycles. The zero-order chi connectivity index (χ0) is 15.1. The molecule has 1 aromatic carbocycles. The summed E-state index contributed by atoms with van der Waals surface area (Å²) in [7, 11) is 1.65. The van der Waals surface area contributed by atoms with Gasteiger partial charge in [0.05, 0.1) is 19.3 Å². The van der Waals surface area contributed by atoms with Gasteiger partial charge in [-0.25, -0.2) is 0 Å². The van der Waals surface area contributed by atoms with Gasteiger partial charge in [-0.05, 0) is 43.2 Å². The summed E-state index contributed by atoms with van der Waals surface area (Å²) < 4.78 is 11.3. The van der Waals surface area contributed by atoms with E-state index in [1.54, 1.807) is 13.3 Å². The van der Waals surface area contributed by atoms with E-state index in [1.165, 1.54) is 0 Å². The Kier molecular flexibility index (Phi) is 5.13. The molecule has 0 amide bonds. The van der Waals surface area contributed by atoms with Crippen molar-refractivity contribution in [2.45, 2.75) is 38.0 Å². The number of nitriles is 1. The minimum Gasteiger partial charge on any atom is -0.497 e. The van der Waals surface area contributed by atoms with E-state index in [2.05, 4.69) is 11.1 Å². The summed E-state index contributed by atoms with van der Waals surface area (Å²) in [4.78, 5) is 4.48. The number of benzene rings is 1. The number of ether oxygens (including phenoxy) is 2. The van der Waals surface area contributed by atoms with E-state index in [4.69, 9.17) is 14.7 Å². The Labute approximate surface area is 125 Å². The summed E-state index contributed by atoms with van der Waals surface area (Å²) in [6.45, 7) is 1.98. The molecule has 1 aliphatic heterocycles. The average molecular weight is 284 g/mol. The minimum absolute atomic E-state index is 0.0113. The Balaban J connectivity index is 2.06. The van der Waals surface area contributed by atoms with Crippen molar-refractivity contribution in [3.8, 4) is 11.8 Å². The van der Waals surface area contributed by atoms with E-state index in [9.17, 15) is 0 Å². The Morgan fingerprint density at radius 2 is 2.10 bits per heavy atom. The van der Waals surface area contributed by atoms with Crippen LogP contribution in [-0.4, -0.2) is 25.2 Å². The van der Waals surface area contributed by atoms with Crippen molar-refractivity contribution < 1.29 is 9.47 Å². The standard InChI is InChI=1S/C17H20N2O2/c1-14(5-3-11-18)21-17(10-4-12-19-17)13-15-6-8-16(20-2)9-7-15/h4,6-10,12,14H,3,5,13H2,1-2H3. The van der Waals surface area contributed by atoms with Crippen molar-refractivity contribution >= 4 is 6.21 Å². The van der Waals surface area contributed by atoms with Crippen LogP contribution in [0.2, 0.25) is 0 Å². The summed E-state index contributed by atoms with van der Waals surface area (Å²) in [6.07, 6.45) is 7.50. The summed E-state index contributed by atoms with van der Waals surface area (Å²) in [5, 5.41) is 8.66. The van der Waals surface area contributed by atoms with Crippen LogP contribution in [0.4, 0.5) is 0 Å². The Morgan fingerprint density at radius 3 is 2.67 bits per heavy atom. The first-order chi connectivity index (χ1) is 10.2. The Morgan fingerprint density at radius 1 is 1.33 bits per heavy atom. The molecule has 0 spiro atoms. The van der Waals surface area contributed by atoms with Crippen molar-refractivity contribution in [3.05, 3.63) is 42.0 Å². The van der Waals surface area contributed by atoms with Gasteiger partial charge >= 0.3 is 0 Å². The van der Waals surface area contributed by atoms with Crippen LogP contribution in [0.1, 0.15) is 25.3 Å². The Bertz CT molecular complexity index is 543. The third kappa shape index (κ3) is 4.17. The lowest BCUT2D eigenvalue weighted by Crippen LogP contribution is -2.33. The van der Waals surface area contributed by atoms with E-state index < -0.39 is 5.72 Å². The monoisotopic (exact) mass is 284 g/mol. The molecule has 1 aromatic rings. The fraction of sp³-hybridized carbons (Fsp3) is 0.412. The van der Waals surface area contributed by atoms with Crippen LogP contribution in [0.5, 0.6) is 5.75 Å². The van der Waals surface area contributed by atoms with Crippen LogP contribution in [0.25, 0.3) is 0 Å². The van der Waals surface area contributed by atoms with Crippen LogP contribution in [0.15, 0.2) is 41.4 Å². The number of hydrogen-bond acceptors (Lipinski definition) is 4. The van der Waals surface area contributed by atoms with Gasteiger partial charge < -0.3 is 9.47 Å². The highest BCUT2D eigenvalue weighted by atomic mass is 16.5. The molecule has 2 rings (SSSR count). The molecule has 0 fully saturated rings. The first-order valence-corrected chi connectivity index (χ1v) is 7.08. The number of aliphatic imine (C=N–C) groups is 1. The highest BCUT2D eigenvalue weighted by Crippen LogP contribution is 2.27. The predicted octanol–water partition coefficient (Wildman–Crippen LogP) is 3.28. The normalized spacial score (nSPS) is 21.2. The van der Waals surface area contributed by atoms with Gasteiger partial charge in [0, 0.05) is 19.1 Å². The zero-order valence-electron chi connectivity index (χ0n) is 12.5. The lowest BCUT2D eigenvalue weighted by molar-refractivity contribution is -0.0501. The first-order valence-electron chi connectivity index (χ1n) is 7.08. The van der Waals surface area contributed by atoms with Crippen molar-refractivity contribution in [2.24, 2.45) is 4.99 Å². The van der Waals surface area contributed by atoms with Crippen molar-refractivity contribution in [2.75, 3.05) is 7.11 Å². The van der Waals surface area contributed by atoms with Crippen LogP contribution in [-0.2, 0) is 11.2 Å². The fourth-order valence-electron chi connectivity index (χ4n) is 2.33. The summed E-state index contributed by atoms with van der Waals surface area (Å²) >= 11 is 0. The van der Waals surface area contributed by atoms with Crippen LogP contribution in [0.3, 0.4) is 0 Å². The van der Waals surface area contributed by atoms with Crippen molar-refractivity contribution in [3.63, 3.8) is 0 Å². The largest absolute Gasteiger partial charge is 0.497 e. The number of nitrogens with zero attached hydrogens (tertiary/aromatic N) is 2. The lowest BCUT2D eigenvalue weighted by atomic mass is 10.0. The molecule has 2 unspecified atom stereocenters. The smallest absolute Gasteiger partial charge is 0.182 e. The second-order valence-electron chi connectivity index (χ2n) is 5.13. The lowest BCUT2D eigenvalue weighted by Gasteiger charge is -2.28. The summed E-state index contributed by atoms with van der Waals surface area (Å²) in [5.41, 5.74) is 0.482. The number of allylic oxidation sites excluding steroid dienone is 1. The maximum absolute atomic E-state index is 8.66. The van der Waals surface area contributed by atoms with Gasteiger partial charge in [-0.15, -0.1) is 0 Å². The molecule has 4 heteroatoms. The summed E-state index contributed by atoms with van der Waals surface area (Å²) in [6, 6.07) is 10.1. The molecule has 110 valence electrons. The van der Waals surface area contributed by atoms with Crippen molar-refractivity contribution in [1.82, 2.24) is 0 Å². The van der Waals surface area contributed by atoms with Gasteiger partial charge in [0.1, 0.15) is 5.75 Å².